The van der Waals surface area contributed by atoms with E-state index in [1.165, 1.54) is 6.07 Å². The van der Waals surface area contributed by atoms with Crippen LogP contribution >= 0.6 is 12.4 Å². The van der Waals surface area contributed by atoms with E-state index < -0.39 is 11.2 Å². The molecule has 80 valence electrons. The molecule has 0 amide bonds. The van der Waals surface area contributed by atoms with Crippen molar-refractivity contribution >= 4 is 12.4 Å². The van der Waals surface area contributed by atoms with Crippen molar-refractivity contribution in [1.29, 1.82) is 0 Å². The van der Waals surface area contributed by atoms with Crippen molar-refractivity contribution in [2.45, 2.75) is 6.42 Å². The maximum absolute atomic E-state index is 10.9. The number of hydrogen-bond donors (Lipinski definition) is 3. The largest absolute Gasteiger partial charge is 0.348 e. The second-order valence-electron chi connectivity index (χ2n) is 2.83. The quantitative estimate of drug-likeness (QED) is 0.664. The van der Waals surface area contributed by atoms with Gasteiger partial charge in [0.25, 0.3) is 5.56 Å². The van der Waals surface area contributed by atoms with Crippen molar-refractivity contribution in [3.05, 3.63) is 50.8 Å². The van der Waals surface area contributed by atoms with E-state index in [0.29, 0.717) is 17.9 Å². The fourth-order valence-corrected chi connectivity index (χ4v) is 1.19. The molecule has 0 bridgehead atoms. The van der Waals surface area contributed by atoms with E-state index in [0.717, 1.165) is 0 Å². The summed E-state index contributed by atoms with van der Waals surface area (Å²) in [5, 5.41) is 0. The Bertz CT molecular complexity index is 500. The third-order valence-electron chi connectivity index (χ3n) is 1.73. The van der Waals surface area contributed by atoms with Crippen LogP contribution in [0.5, 0.6) is 0 Å². The highest BCUT2D eigenvalue weighted by Crippen LogP contribution is 1.96. The number of H-pyrrole nitrogens is 3. The van der Waals surface area contributed by atoms with Crippen LogP contribution in [0.4, 0.5) is 0 Å². The van der Waals surface area contributed by atoms with Crippen LogP contribution in [0.1, 0.15) is 11.5 Å². The molecule has 7 heteroatoms. The van der Waals surface area contributed by atoms with Crippen LogP contribution in [0.15, 0.2) is 28.0 Å². The fourth-order valence-electron chi connectivity index (χ4n) is 1.19. The Hall–Kier alpha value is -1.82. The summed E-state index contributed by atoms with van der Waals surface area (Å²) in [5.74, 6) is 0.700. The van der Waals surface area contributed by atoms with E-state index in [9.17, 15) is 9.59 Å². The van der Waals surface area contributed by atoms with Crippen LogP contribution in [-0.2, 0) is 6.42 Å². The molecule has 0 fully saturated rings. The predicted octanol–water partition coefficient (Wildman–Crippen LogP) is -0.201. The molecule has 0 spiro atoms. The third-order valence-corrected chi connectivity index (χ3v) is 1.73. The molecule has 2 rings (SSSR count). The first-order valence-corrected chi connectivity index (χ1v) is 4.05. The Morgan fingerprint density at radius 2 is 2.07 bits per heavy atom. The number of imidazole rings is 1. The topological polar surface area (TPSA) is 94.4 Å². The maximum atomic E-state index is 10.9. The van der Waals surface area contributed by atoms with Crippen molar-refractivity contribution < 1.29 is 0 Å². The number of hydrogen-bond acceptors (Lipinski definition) is 3. The van der Waals surface area contributed by atoms with E-state index in [1.807, 2.05) is 0 Å². The van der Waals surface area contributed by atoms with Gasteiger partial charge < -0.3 is 9.97 Å². The molecule has 2 aromatic heterocycles. The first kappa shape index (κ1) is 11.3. The molecule has 0 saturated heterocycles. The monoisotopic (exact) mass is 228 g/mol. The lowest BCUT2D eigenvalue weighted by atomic mass is 10.3. The van der Waals surface area contributed by atoms with Gasteiger partial charge in [-0.2, -0.15) is 0 Å². The Kier molecular flexibility index (Phi) is 3.46. The molecule has 0 saturated carbocycles. The summed E-state index contributed by atoms with van der Waals surface area (Å²) >= 11 is 0. The van der Waals surface area contributed by atoms with Gasteiger partial charge in [0.05, 0.1) is 0 Å². The zero-order valence-electron chi connectivity index (χ0n) is 7.61. The number of halogens is 1. The van der Waals surface area contributed by atoms with Crippen molar-refractivity contribution in [2.75, 3.05) is 0 Å². The zero-order valence-corrected chi connectivity index (χ0v) is 8.43. The smallest absolute Gasteiger partial charge is 0.325 e. The second-order valence-corrected chi connectivity index (χ2v) is 2.83. The summed E-state index contributed by atoms with van der Waals surface area (Å²) in [5.41, 5.74) is -0.372. The first-order chi connectivity index (χ1) is 6.74. The molecule has 6 nitrogen and oxygen atoms in total. The number of rotatable bonds is 2. The van der Waals surface area contributed by atoms with Gasteiger partial charge in [-0.3, -0.25) is 9.78 Å². The highest BCUT2D eigenvalue weighted by Gasteiger charge is 2.00. The summed E-state index contributed by atoms with van der Waals surface area (Å²) < 4.78 is 0. The zero-order chi connectivity index (χ0) is 9.97. The molecular formula is C8H9ClN4O2. The van der Waals surface area contributed by atoms with Crippen LogP contribution in [0.25, 0.3) is 0 Å². The van der Waals surface area contributed by atoms with Crippen LogP contribution < -0.4 is 11.2 Å². The van der Waals surface area contributed by atoms with E-state index in [1.54, 1.807) is 12.4 Å². The van der Waals surface area contributed by atoms with Gasteiger partial charge in [-0.1, -0.05) is 0 Å². The van der Waals surface area contributed by atoms with Crippen molar-refractivity contribution in [1.82, 2.24) is 19.9 Å². The molecule has 2 heterocycles. The van der Waals surface area contributed by atoms with Gasteiger partial charge in [-0.25, -0.2) is 9.78 Å². The summed E-state index contributed by atoms with van der Waals surface area (Å²) in [6, 6.07) is 1.34. The molecule has 0 aliphatic carbocycles. The van der Waals surface area contributed by atoms with Crippen LogP contribution in [-0.4, -0.2) is 19.9 Å². The molecule has 15 heavy (non-hydrogen) atoms. The Morgan fingerprint density at radius 1 is 1.27 bits per heavy atom. The minimum atomic E-state index is -0.501. The van der Waals surface area contributed by atoms with E-state index in [2.05, 4.69) is 19.9 Å². The minimum absolute atomic E-state index is 0. The average molecular weight is 229 g/mol. The van der Waals surface area contributed by atoms with E-state index in [4.69, 9.17) is 0 Å². The first-order valence-electron chi connectivity index (χ1n) is 4.05. The highest BCUT2D eigenvalue weighted by molar-refractivity contribution is 5.85. The van der Waals surface area contributed by atoms with Crippen molar-refractivity contribution in [3.8, 4) is 0 Å². The lowest BCUT2D eigenvalue weighted by Crippen LogP contribution is -2.23. The Balaban J connectivity index is 0.00000112. The third kappa shape index (κ3) is 2.81. The summed E-state index contributed by atoms with van der Waals surface area (Å²) in [7, 11) is 0. The maximum Gasteiger partial charge on any atom is 0.325 e. The number of aromatic amines is 3. The van der Waals surface area contributed by atoms with Gasteiger partial charge in [0.1, 0.15) is 5.82 Å². The molecule has 0 unspecified atom stereocenters. The SMILES string of the molecule is Cl.O=c1cc(Cc2ncc[nH]2)[nH]c(=O)[nH]1. The second kappa shape index (κ2) is 4.61. The predicted molar refractivity (Wildman–Crippen MR) is 56.3 cm³/mol. The molecule has 2 aromatic rings. The number of nitrogens with zero attached hydrogens (tertiary/aromatic N) is 1. The van der Waals surface area contributed by atoms with E-state index in [-0.39, 0.29) is 12.4 Å². The van der Waals surface area contributed by atoms with Crippen LogP contribution in [0, 0.1) is 0 Å². The molecule has 0 aromatic carbocycles. The lowest BCUT2D eigenvalue weighted by molar-refractivity contribution is 0.916. The average Bonchev–Trinajstić information content (AvgIpc) is 2.54. The molecule has 0 aliphatic rings. The Labute approximate surface area is 90.2 Å². The molecule has 3 N–H and O–H groups in total. The van der Waals surface area contributed by atoms with Crippen molar-refractivity contribution in [3.63, 3.8) is 0 Å². The molecular weight excluding hydrogens is 220 g/mol. The lowest BCUT2D eigenvalue weighted by Gasteiger charge is -1.95. The van der Waals surface area contributed by atoms with Crippen LogP contribution in [0.3, 0.4) is 0 Å². The fraction of sp³-hybridized carbons (Fsp3) is 0.125. The number of nitrogens with one attached hydrogen (secondary N) is 3. The van der Waals surface area contributed by atoms with E-state index >= 15 is 0 Å². The van der Waals surface area contributed by atoms with Crippen molar-refractivity contribution in [2.24, 2.45) is 0 Å². The van der Waals surface area contributed by atoms with Gasteiger partial charge in [0.15, 0.2) is 0 Å². The van der Waals surface area contributed by atoms with Gasteiger partial charge in [-0.05, 0) is 0 Å². The Morgan fingerprint density at radius 3 is 2.67 bits per heavy atom. The molecule has 0 atom stereocenters. The number of aromatic nitrogens is 4. The summed E-state index contributed by atoms with van der Waals surface area (Å²) in [4.78, 5) is 33.3. The molecule has 0 radical (unpaired) electrons. The summed E-state index contributed by atoms with van der Waals surface area (Å²) in [6.07, 6.45) is 3.70. The normalized spacial score (nSPS) is 9.60. The highest BCUT2D eigenvalue weighted by atomic mass is 35.5. The van der Waals surface area contributed by atoms with Gasteiger partial charge in [0, 0.05) is 30.6 Å². The van der Waals surface area contributed by atoms with Gasteiger partial charge >= 0.3 is 5.69 Å². The standard InChI is InChI=1S/C8H8N4O2.ClH/c13-7-4-5(11-8(14)12-7)3-6-9-1-2-10-6;/h1-2,4H,3H2,(H,9,10)(H2,11,12,13,14);1H. The molecule has 0 aliphatic heterocycles. The van der Waals surface area contributed by atoms with Gasteiger partial charge in [0.2, 0.25) is 0 Å². The summed E-state index contributed by atoms with van der Waals surface area (Å²) in [6.45, 7) is 0. The minimum Gasteiger partial charge on any atom is -0.348 e. The van der Waals surface area contributed by atoms with Gasteiger partial charge in [-0.15, -0.1) is 12.4 Å². The van der Waals surface area contributed by atoms with Crippen LogP contribution in [0.2, 0.25) is 0 Å².